The van der Waals surface area contributed by atoms with Crippen LogP contribution in [-0.4, -0.2) is 62.3 Å². The Balaban J connectivity index is 1.52. The van der Waals surface area contributed by atoms with Crippen LogP contribution in [-0.2, 0) is 17.1 Å². The van der Waals surface area contributed by atoms with Gasteiger partial charge >= 0.3 is 0 Å². The van der Waals surface area contributed by atoms with Crippen LogP contribution in [0.5, 0.6) is 0 Å². The molecule has 1 saturated carbocycles. The summed E-state index contributed by atoms with van der Waals surface area (Å²) in [6.45, 7) is 4.85. The Hall–Kier alpha value is -3.54. The molecule has 0 radical (unpaired) electrons. The first-order valence-corrected chi connectivity index (χ1v) is 15.1. The van der Waals surface area contributed by atoms with Gasteiger partial charge in [-0.3, -0.25) is 14.4 Å². The summed E-state index contributed by atoms with van der Waals surface area (Å²) in [6, 6.07) is 13.0. The molecule has 0 saturated heterocycles. The van der Waals surface area contributed by atoms with Gasteiger partial charge in [-0.2, -0.15) is 5.10 Å². The van der Waals surface area contributed by atoms with Crippen LogP contribution in [0.3, 0.4) is 0 Å². The summed E-state index contributed by atoms with van der Waals surface area (Å²) in [5.74, 6) is -0.599. The molecule has 0 amide bonds. The van der Waals surface area contributed by atoms with Crippen LogP contribution in [0.15, 0.2) is 75.4 Å². The Bertz CT molecular complexity index is 1570. The van der Waals surface area contributed by atoms with Crippen molar-refractivity contribution in [1.29, 1.82) is 0 Å². The number of nitrogens with one attached hydrogen (secondary N) is 2. The number of rotatable bonds is 10. The molecule has 0 spiro atoms. The normalized spacial score (nSPS) is 20.0. The summed E-state index contributed by atoms with van der Waals surface area (Å²) in [6.07, 6.45) is 6.94. The van der Waals surface area contributed by atoms with Crippen LogP contribution < -0.4 is 10.0 Å². The van der Waals surface area contributed by atoms with Crippen LogP contribution >= 0.6 is 11.6 Å². The zero-order valence-corrected chi connectivity index (χ0v) is 25.1. The standard InChI is InChI=1S/C29H35ClFN7O2S/c1-6-29(33-18-32-2)36-41(39,40)28-16-22(30)25(17-23(28)31)35-24-11-10-20(15-27(24)37(3)4)19-8-7-9-21(14-19)26-12-13-34-38(26)5/h6-9,12-14,16-18,20,24,27,35-36H,2,10-11,15H2,1,3-5H3/b29-6+,33-18-/t20-,24-,27-/m0/s1. The largest absolute Gasteiger partial charge is 0.379 e. The summed E-state index contributed by atoms with van der Waals surface area (Å²) in [5.41, 5.74) is 3.80. The number of aromatic nitrogens is 2. The van der Waals surface area contributed by atoms with Gasteiger partial charge in [-0.05, 0) is 88.8 Å². The lowest BCUT2D eigenvalue weighted by Crippen LogP contribution is -2.47. The molecule has 9 nitrogen and oxygen atoms in total. The second-order valence-electron chi connectivity index (χ2n) is 10.2. The van der Waals surface area contributed by atoms with Gasteiger partial charge in [0.05, 0.1) is 16.4 Å². The third kappa shape index (κ3) is 7.03. The van der Waals surface area contributed by atoms with Gasteiger partial charge in [0.15, 0.2) is 0 Å². The van der Waals surface area contributed by atoms with Crippen molar-refractivity contribution in [2.45, 2.75) is 49.1 Å². The number of likely N-dealkylation sites (N-methyl/N-ethyl adjacent to an activating group) is 1. The van der Waals surface area contributed by atoms with E-state index in [9.17, 15) is 8.42 Å². The third-order valence-corrected chi connectivity index (χ3v) is 9.08. The molecule has 0 aliphatic heterocycles. The van der Waals surface area contributed by atoms with Gasteiger partial charge in [0.2, 0.25) is 0 Å². The Labute approximate surface area is 245 Å². The molecule has 3 aromatic rings. The molecule has 1 aliphatic carbocycles. The molecular weight excluding hydrogens is 565 g/mol. The molecule has 41 heavy (non-hydrogen) atoms. The van der Waals surface area contributed by atoms with Crippen LogP contribution in [0.2, 0.25) is 5.02 Å². The van der Waals surface area contributed by atoms with Gasteiger partial charge in [0, 0.05) is 30.9 Å². The third-order valence-electron chi connectivity index (χ3n) is 7.40. The van der Waals surface area contributed by atoms with Gasteiger partial charge in [-0.1, -0.05) is 29.8 Å². The van der Waals surface area contributed by atoms with E-state index in [2.05, 4.69) is 61.0 Å². The lowest BCUT2D eigenvalue weighted by molar-refractivity contribution is 0.196. The molecule has 2 N–H and O–H groups in total. The Morgan fingerprint density at radius 1 is 1.24 bits per heavy atom. The quantitative estimate of drug-likeness (QED) is 0.239. The maximum absolute atomic E-state index is 15.2. The Kier molecular flexibility index (Phi) is 9.62. The molecule has 2 aromatic carbocycles. The number of allylic oxidation sites excluding steroid dienone is 1. The predicted octanol–water partition coefficient (Wildman–Crippen LogP) is 5.43. The first-order chi connectivity index (χ1) is 19.5. The maximum atomic E-state index is 15.2. The highest BCUT2D eigenvalue weighted by molar-refractivity contribution is 7.89. The molecule has 4 rings (SSSR count). The van der Waals surface area contributed by atoms with Gasteiger partial charge in [0.1, 0.15) is 22.9 Å². The lowest BCUT2D eigenvalue weighted by Gasteiger charge is -2.41. The molecule has 1 aliphatic rings. The van der Waals surface area contributed by atoms with E-state index in [-0.39, 0.29) is 22.9 Å². The van der Waals surface area contributed by atoms with E-state index < -0.39 is 20.7 Å². The van der Waals surface area contributed by atoms with E-state index in [0.717, 1.165) is 49.0 Å². The number of nitrogens with zero attached hydrogens (tertiary/aromatic N) is 5. The zero-order valence-electron chi connectivity index (χ0n) is 23.6. The van der Waals surface area contributed by atoms with Crippen molar-refractivity contribution in [3.8, 4) is 11.3 Å². The van der Waals surface area contributed by atoms with Crippen molar-refractivity contribution in [1.82, 2.24) is 19.4 Å². The van der Waals surface area contributed by atoms with Crippen LogP contribution in [0.4, 0.5) is 10.1 Å². The molecular formula is C29H35ClFN7O2S. The maximum Gasteiger partial charge on any atom is 0.266 e. The average Bonchev–Trinajstić information content (AvgIpc) is 3.38. The first-order valence-electron chi connectivity index (χ1n) is 13.2. The second-order valence-corrected chi connectivity index (χ2v) is 12.3. The number of halogens is 2. The van der Waals surface area contributed by atoms with E-state index in [0.29, 0.717) is 11.6 Å². The Morgan fingerprint density at radius 3 is 2.68 bits per heavy atom. The minimum absolute atomic E-state index is 0.0191. The smallest absolute Gasteiger partial charge is 0.266 e. The number of hydrogen-bond donors (Lipinski definition) is 2. The number of hydrogen-bond acceptors (Lipinski definition) is 6. The van der Waals surface area contributed by atoms with E-state index in [1.54, 1.807) is 13.1 Å². The molecule has 0 bridgehead atoms. The molecule has 0 unspecified atom stereocenters. The Morgan fingerprint density at radius 2 is 2.02 bits per heavy atom. The van der Waals surface area contributed by atoms with E-state index in [1.165, 1.54) is 11.6 Å². The van der Waals surface area contributed by atoms with Crippen LogP contribution in [0.25, 0.3) is 11.3 Å². The summed E-state index contributed by atoms with van der Waals surface area (Å²) in [4.78, 5) is 8.88. The fourth-order valence-corrected chi connectivity index (χ4v) is 6.73. The highest BCUT2D eigenvalue weighted by Gasteiger charge is 2.33. The summed E-state index contributed by atoms with van der Waals surface area (Å²) in [5, 5.41) is 7.80. The lowest BCUT2D eigenvalue weighted by atomic mass is 9.77. The van der Waals surface area contributed by atoms with E-state index in [4.69, 9.17) is 11.6 Å². The number of anilines is 1. The zero-order chi connectivity index (χ0) is 29.7. The highest BCUT2D eigenvalue weighted by Crippen LogP contribution is 2.38. The van der Waals surface area contributed by atoms with Crippen molar-refractivity contribution in [2.75, 3.05) is 19.4 Å². The predicted molar refractivity (Wildman–Crippen MR) is 164 cm³/mol. The van der Waals surface area contributed by atoms with Crippen molar-refractivity contribution >= 4 is 40.4 Å². The molecule has 1 fully saturated rings. The second kappa shape index (κ2) is 13.0. The number of sulfonamides is 1. The molecule has 12 heteroatoms. The number of aryl methyl sites for hydroxylation is 1. The van der Waals surface area contributed by atoms with Crippen molar-refractivity contribution in [3.63, 3.8) is 0 Å². The van der Waals surface area contributed by atoms with Crippen molar-refractivity contribution in [2.24, 2.45) is 17.0 Å². The minimum Gasteiger partial charge on any atom is -0.379 e. The van der Waals surface area contributed by atoms with Crippen molar-refractivity contribution < 1.29 is 12.8 Å². The van der Waals surface area contributed by atoms with Crippen molar-refractivity contribution in [3.05, 3.63) is 77.0 Å². The number of benzene rings is 2. The topological polar surface area (TPSA) is 104 Å². The number of aliphatic imine (C=N–C) groups is 2. The van der Waals surface area contributed by atoms with E-state index in [1.807, 2.05) is 31.9 Å². The van der Waals surface area contributed by atoms with Gasteiger partial charge in [-0.25, -0.2) is 17.8 Å². The molecule has 1 heterocycles. The fraction of sp³-hybridized carbons (Fsp3) is 0.345. The summed E-state index contributed by atoms with van der Waals surface area (Å²) >= 11 is 6.50. The fourth-order valence-electron chi connectivity index (χ4n) is 5.30. The summed E-state index contributed by atoms with van der Waals surface area (Å²) in [7, 11) is 1.71. The monoisotopic (exact) mass is 599 g/mol. The first kappa shape index (κ1) is 30.4. The van der Waals surface area contributed by atoms with Gasteiger partial charge < -0.3 is 10.2 Å². The molecule has 218 valence electrons. The van der Waals surface area contributed by atoms with Gasteiger partial charge in [-0.15, -0.1) is 0 Å². The highest BCUT2D eigenvalue weighted by atomic mass is 35.5. The van der Waals surface area contributed by atoms with Gasteiger partial charge in [0.25, 0.3) is 10.0 Å². The summed E-state index contributed by atoms with van der Waals surface area (Å²) < 4.78 is 45.0. The van der Waals surface area contributed by atoms with Crippen LogP contribution in [0.1, 0.15) is 37.7 Å². The minimum atomic E-state index is -4.28. The SMILES string of the molecule is C=N/C=N\C(=C/C)NS(=O)(=O)c1cc(Cl)c(N[C@H]2CC[C@H](c3cccc(-c4ccnn4C)c3)C[C@@H]2N(C)C)cc1F. The molecule has 3 atom stereocenters. The molecule has 1 aromatic heterocycles. The van der Waals surface area contributed by atoms with Crippen LogP contribution in [0, 0.1) is 5.82 Å². The average molecular weight is 600 g/mol. The van der Waals surface area contributed by atoms with E-state index >= 15 is 4.39 Å².